The molecule has 2 aromatic carbocycles. The van der Waals surface area contributed by atoms with Crippen molar-refractivity contribution in [3.63, 3.8) is 0 Å². The second-order valence-electron chi connectivity index (χ2n) is 8.61. The highest BCUT2D eigenvalue weighted by molar-refractivity contribution is 7.80. The van der Waals surface area contributed by atoms with Gasteiger partial charge in [0, 0.05) is 29.0 Å². The van der Waals surface area contributed by atoms with Crippen molar-refractivity contribution in [2.45, 2.75) is 32.9 Å². The lowest BCUT2D eigenvalue weighted by Crippen LogP contribution is -2.29. The third-order valence-corrected chi connectivity index (χ3v) is 6.73. The van der Waals surface area contributed by atoms with Crippen LogP contribution in [0.15, 0.2) is 72.9 Å². The first kappa shape index (κ1) is 22.1. The maximum Gasteiger partial charge on any atom is 0.174 e. The number of halogens is 1. The van der Waals surface area contributed by atoms with E-state index in [4.69, 9.17) is 12.2 Å². The molecule has 2 atom stereocenters. The van der Waals surface area contributed by atoms with Crippen LogP contribution in [0, 0.1) is 26.6 Å². The number of hydrogen-bond acceptors (Lipinski definition) is 3. The predicted octanol–water partition coefficient (Wildman–Crippen LogP) is 5.82. The van der Waals surface area contributed by atoms with Gasteiger partial charge in [-0.25, -0.2) is 4.39 Å². The molecule has 4 aromatic rings. The van der Waals surface area contributed by atoms with Gasteiger partial charge in [-0.1, -0.05) is 6.07 Å². The summed E-state index contributed by atoms with van der Waals surface area (Å²) in [4.78, 5) is 6.67. The average Bonchev–Trinajstić information content (AvgIpc) is 3.32. The van der Waals surface area contributed by atoms with Gasteiger partial charge in [0.25, 0.3) is 0 Å². The summed E-state index contributed by atoms with van der Waals surface area (Å²) in [7, 11) is 0. The summed E-state index contributed by atoms with van der Waals surface area (Å²) in [6.07, 6.45) is 1.78. The molecule has 1 saturated heterocycles. The van der Waals surface area contributed by atoms with Gasteiger partial charge in [0.2, 0.25) is 0 Å². The Morgan fingerprint density at radius 2 is 1.71 bits per heavy atom. The maximum absolute atomic E-state index is 14.1. The Balaban J connectivity index is 1.68. The van der Waals surface area contributed by atoms with Gasteiger partial charge in [0.05, 0.1) is 17.8 Å². The van der Waals surface area contributed by atoms with Crippen molar-refractivity contribution >= 4 is 23.0 Å². The van der Waals surface area contributed by atoms with Crippen LogP contribution in [0.25, 0.3) is 5.69 Å². The molecule has 5 nitrogen and oxygen atoms in total. The Hall–Kier alpha value is -3.71. The van der Waals surface area contributed by atoms with Gasteiger partial charge < -0.3 is 19.9 Å². The van der Waals surface area contributed by atoms with Crippen LogP contribution in [0.5, 0.6) is 5.75 Å². The number of nitrogens with one attached hydrogen (secondary N) is 1. The molecule has 3 heterocycles. The maximum atomic E-state index is 14.1. The highest BCUT2D eigenvalue weighted by atomic mass is 32.1. The number of benzene rings is 2. The van der Waals surface area contributed by atoms with E-state index in [1.807, 2.05) is 36.4 Å². The summed E-state index contributed by atoms with van der Waals surface area (Å²) in [6, 6.07) is 19.9. The second kappa shape index (κ2) is 8.57. The van der Waals surface area contributed by atoms with Crippen LogP contribution in [0.4, 0.5) is 10.1 Å². The Morgan fingerprint density at radius 1 is 0.971 bits per heavy atom. The van der Waals surface area contributed by atoms with Gasteiger partial charge in [0.15, 0.2) is 5.11 Å². The van der Waals surface area contributed by atoms with E-state index >= 15 is 0 Å². The number of pyridine rings is 1. The monoisotopic (exact) mass is 472 g/mol. The number of phenols is 1. The van der Waals surface area contributed by atoms with Crippen LogP contribution >= 0.6 is 12.2 Å². The van der Waals surface area contributed by atoms with Crippen molar-refractivity contribution < 1.29 is 9.50 Å². The average molecular weight is 473 g/mol. The SMILES string of the molecule is Cc1cc(N2C(=S)N[C@@H](c3ccccn3)[C@H]2c2cc(C)n(-c3ccc(O)cc3)c2C)ccc1F. The number of aromatic hydroxyl groups is 1. The summed E-state index contributed by atoms with van der Waals surface area (Å²) in [5.41, 5.74) is 6.45. The van der Waals surface area contributed by atoms with Crippen molar-refractivity contribution in [1.82, 2.24) is 14.9 Å². The number of aryl methyl sites for hydroxylation is 2. The lowest BCUT2D eigenvalue weighted by atomic mass is 9.96. The Morgan fingerprint density at radius 3 is 2.38 bits per heavy atom. The van der Waals surface area contributed by atoms with Gasteiger partial charge in [-0.15, -0.1) is 0 Å². The predicted molar refractivity (Wildman–Crippen MR) is 136 cm³/mol. The first-order chi connectivity index (χ1) is 16.3. The molecule has 7 heteroatoms. The highest BCUT2D eigenvalue weighted by Gasteiger charge is 2.42. The van der Waals surface area contributed by atoms with Crippen molar-refractivity contribution in [2.75, 3.05) is 4.90 Å². The molecular weight excluding hydrogens is 447 g/mol. The highest BCUT2D eigenvalue weighted by Crippen LogP contribution is 2.44. The minimum absolute atomic E-state index is 0.187. The first-order valence-corrected chi connectivity index (χ1v) is 11.5. The number of hydrogen-bond donors (Lipinski definition) is 2. The fourth-order valence-corrected chi connectivity index (χ4v) is 5.16. The number of anilines is 1. The van der Waals surface area contributed by atoms with E-state index in [2.05, 4.69) is 39.7 Å². The summed E-state index contributed by atoms with van der Waals surface area (Å²) in [5, 5.41) is 13.8. The third-order valence-electron chi connectivity index (χ3n) is 6.41. The van der Waals surface area contributed by atoms with Crippen molar-refractivity contribution in [3.05, 3.63) is 107 Å². The molecular formula is C27H25FN4OS. The van der Waals surface area contributed by atoms with Crippen molar-refractivity contribution in [1.29, 1.82) is 0 Å². The van der Waals surface area contributed by atoms with Gasteiger partial charge in [-0.3, -0.25) is 4.98 Å². The summed E-state index contributed by atoms with van der Waals surface area (Å²) in [5.74, 6) is -0.0185. The van der Waals surface area contributed by atoms with Crippen LogP contribution in [-0.2, 0) is 0 Å². The molecule has 2 aromatic heterocycles. The van der Waals surface area contributed by atoms with Crippen molar-refractivity contribution in [2.24, 2.45) is 0 Å². The Labute approximate surface area is 203 Å². The van der Waals surface area contributed by atoms with Crippen LogP contribution in [0.1, 0.15) is 40.3 Å². The van der Waals surface area contributed by atoms with Gasteiger partial charge in [-0.05, 0) is 105 Å². The molecule has 0 radical (unpaired) electrons. The minimum atomic E-state index is -0.245. The molecule has 1 aliphatic heterocycles. The normalized spacial score (nSPS) is 17.8. The van der Waals surface area contributed by atoms with E-state index in [0.717, 1.165) is 34.0 Å². The zero-order chi connectivity index (χ0) is 24.0. The topological polar surface area (TPSA) is 53.3 Å². The molecule has 0 bridgehead atoms. The van der Waals surface area contributed by atoms with Crippen LogP contribution < -0.4 is 10.2 Å². The third kappa shape index (κ3) is 3.72. The molecule has 1 fully saturated rings. The number of aromatic nitrogens is 2. The number of thiocarbonyl (C=S) groups is 1. The molecule has 5 rings (SSSR count). The lowest BCUT2D eigenvalue weighted by molar-refractivity contribution is 0.475. The Bertz CT molecular complexity index is 1370. The molecule has 0 saturated carbocycles. The van der Waals surface area contributed by atoms with E-state index in [-0.39, 0.29) is 23.7 Å². The summed E-state index contributed by atoms with van der Waals surface area (Å²) < 4.78 is 16.2. The van der Waals surface area contributed by atoms with E-state index in [0.29, 0.717) is 10.7 Å². The molecule has 172 valence electrons. The van der Waals surface area contributed by atoms with Crippen LogP contribution in [-0.4, -0.2) is 19.8 Å². The van der Waals surface area contributed by atoms with Crippen molar-refractivity contribution in [3.8, 4) is 11.4 Å². The minimum Gasteiger partial charge on any atom is -0.508 e. The zero-order valence-electron chi connectivity index (χ0n) is 19.2. The quantitative estimate of drug-likeness (QED) is 0.367. The van der Waals surface area contributed by atoms with E-state index in [1.165, 1.54) is 6.07 Å². The number of nitrogens with zero attached hydrogens (tertiary/aromatic N) is 3. The van der Waals surface area contributed by atoms with Crippen LogP contribution in [0.3, 0.4) is 0 Å². The number of phenolic OH excluding ortho intramolecular Hbond substituents is 1. The van der Waals surface area contributed by atoms with Crippen LogP contribution in [0.2, 0.25) is 0 Å². The second-order valence-corrected chi connectivity index (χ2v) is 9.00. The largest absolute Gasteiger partial charge is 0.508 e. The van der Waals surface area contributed by atoms with Gasteiger partial charge in [-0.2, -0.15) is 0 Å². The smallest absolute Gasteiger partial charge is 0.174 e. The molecule has 2 N–H and O–H groups in total. The summed E-state index contributed by atoms with van der Waals surface area (Å²) >= 11 is 5.80. The molecule has 1 aliphatic rings. The fourth-order valence-electron chi connectivity index (χ4n) is 4.81. The van der Waals surface area contributed by atoms with E-state index in [9.17, 15) is 9.50 Å². The molecule has 0 unspecified atom stereocenters. The van der Waals surface area contributed by atoms with Gasteiger partial charge >= 0.3 is 0 Å². The standard InChI is InChI=1S/C27H25FN4OS/c1-16-14-20(9-12-23(16)28)32-26(25(30-27(32)34)24-6-4-5-13-29-24)22-15-17(2)31(18(22)3)19-7-10-21(33)11-8-19/h4-15,25-26,33H,1-3H3,(H,30,34)/t25-,26+/m0/s1. The molecule has 0 spiro atoms. The molecule has 0 aliphatic carbocycles. The number of rotatable bonds is 4. The van der Waals surface area contributed by atoms with E-state index in [1.54, 1.807) is 31.3 Å². The van der Waals surface area contributed by atoms with Gasteiger partial charge in [0.1, 0.15) is 11.6 Å². The zero-order valence-corrected chi connectivity index (χ0v) is 20.0. The molecule has 34 heavy (non-hydrogen) atoms. The lowest BCUT2D eigenvalue weighted by Gasteiger charge is -2.28. The van der Waals surface area contributed by atoms with E-state index < -0.39 is 0 Å². The Kier molecular flexibility index (Phi) is 5.57. The molecule has 0 amide bonds. The fraction of sp³-hybridized carbons (Fsp3) is 0.185. The summed E-state index contributed by atoms with van der Waals surface area (Å²) in [6.45, 7) is 5.90. The first-order valence-electron chi connectivity index (χ1n) is 11.1.